The molecule has 0 radical (unpaired) electrons. The summed E-state index contributed by atoms with van der Waals surface area (Å²) in [6, 6.07) is 26.8. The van der Waals surface area contributed by atoms with Gasteiger partial charge < -0.3 is 4.90 Å². The van der Waals surface area contributed by atoms with E-state index < -0.39 is 0 Å². The van der Waals surface area contributed by atoms with Crippen LogP contribution in [0, 0.1) is 5.92 Å². The summed E-state index contributed by atoms with van der Waals surface area (Å²) in [5, 5.41) is 0. The Morgan fingerprint density at radius 1 is 0.871 bits per heavy atom. The molecule has 4 heteroatoms. The SMILES string of the molecule is O=C(C1CCN(Cc2ccccn2)CC1)N(CCc1ccccc1)Cc1ccccc1. The Hall–Kier alpha value is -2.98. The number of pyridine rings is 1. The highest BCUT2D eigenvalue weighted by Gasteiger charge is 2.28. The van der Waals surface area contributed by atoms with E-state index >= 15 is 0 Å². The number of hydrogen-bond acceptors (Lipinski definition) is 3. The van der Waals surface area contributed by atoms with E-state index in [1.54, 1.807) is 0 Å². The van der Waals surface area contributed by atoms with Crippen molar-refractivity contribution in [2.75, 3.05) is 19.6 Å². The van der Waals surface area contributed by atoms with Crippen LogP contribution in [0.15, 0.2) is 85.1 Å². The van der Waals surface area contributed by atoms with Gasteiger partial charge in [0.15, 0.2) is 0 Å². The Kier molecular flexibility index (Phi) is 7.46. The van der Waals surface area contributed by atoms with Crippen molar-refractivity contribution in [1.29, 1.82) is 0 Å². The molecule has 1 aliphatic heterocycles. The molecule has 4 nitrogen and oxygen atoms in total. The number of carbonyl (C=O) groups is 1. The first kappa shape index (κ1) is 21.3. The molecule has 0 N–H and O–H groups in total. The van der Waals surface area contributed by atoms with Gasteiger partial charge in [0.2, 0.25) is 5.91 Å². The van der Waals surface area contributed by atoms with E-state index in [1.165, 1.54) is 11.1 Å². The van der Waals surface area contributed by atoms with Gasteiger partial charge >= 0.3 is 0 Å². The Labute approximate surface area is 185 Å². The minimum absolute atomic E-state index is 0.111. The number of piperidine rings is 1. The zero-order valence-electron chi connectivity index (χ0n) is 18.1. The van der Waals surface area contributed by atoms with Crippen molar-refractivity contribution in [3.63, 3.8) is 0 Å². The van der Waals surface area contributed by atoms with Gasteiger partial charge in [0.1, 0.15) is 0 Å². The van der Waals surface area contributed by atoms with Crippen LogP contribution in [-0.4, -0.2) is 40.3 Å². The van der Waals surface area contributed by atoms with Gasteiger partial charge in [-0.3, -0.25) is 14.7 Å². The van der Waals surface area contributed by atoms with Crippen molar-refractivity contribution in [3.8, 4) is 0 Å². The van der Waals surface area contributed by atoms with Gasteiger partial charge in [0, 0.05) is 31.7 Å². The maximum Gasteiger partial charge on any atom is 0.226 e. The zero-order chi connectivity index (χ0) is 21.3. The summed E-state index contributed by atoms with van der Waals surface area (Å²) in [5.41, 5.74) is 3.57. The van der Waals surface area contributed by atoms with Gasteiger partial charge in [-0.2, -0.15) is 0 Å². The lowest BCUT2D eigenvalue weighted by atomic mass is 9.94. The van der Waals surface area contributed by atoms with E-state index in [2.05, 4.69) is 57.2 Å². The minimum atomic E-state index is 0.111. The van der Waals surface area contributed by atoms with Gasteiger partial charge in [-0.25, -0.2) is 0 Å². The first-order chi connectivity index (χ1) is 15.3. The predicted molar refractivity (Wildman–Crippen MR) is 124 cm³/mol. The standard InChI is InChI=1S/C27H31N3O/c31-27(25-15-18-29(19-16-25)22-26-13-7-8-17-28-26)30(21-24-11-5-2-6-12-24)20-14-23-9-3-1-4-10-23/h1-13,17,25H,14-16,18-22H2. The Bertz CT molecular complexity index is 922. The van der Waals surface area contributed by atoms with Gasteiger partial charge in [0.25, 0.3) is 0 Å². The molecular weight excluding hydrogens is 382 g/mol. The highest BCUT2D eigenvalue weighted by atomic mass is 16.2. The van der Waals surface area contributed by atoms with Crippen molar-refractivity contribution in [2.45, 2.75) is 32.4 Å². The summed E-state index contributed by atoms with van der Waals surface area (Å²) in [7, 11) is 0. The molecule has 0 aliphatic carbocycles. The fourth-order valence-electron chi connectivity index (χ4n) is 4.30. The van der Waals surface area contributed by atoms with Crippen molar-refractivity contribution < 1.29 is 4.79 Å². The van der Waals surface area contributed by atoms with E-state index in [4.69, 9.17) is 0 Å². The molecule has 1 aromatic heterocycles. The highest BCUT2D eigenvalue weighted by Crippen LogP contribution is 2.22. The summed E-state index contributed by atoms with van der Waals surface area (Å²) >= 11 is 0. The summed E-state index contributed by atoms with van der Waals surface area (Å²) in [4.78, 5) is 22.4. The third kappa shape index (κ3) is 6.25. The van der Waals surface area contributed by atoms with E-state index in [9.17, 15) is 4.79 Å². The molecule has 2 heterocycles. The number of benzene rings is 2. The summed E-state index contributed by atoms with van der Waals surface area (Å²) < 4.78 is 0. The summed E-state index contributed by atoms with van der Waals surface area (Å²) in [6.45, 7) is 4.20. The summed E-state index contributed by atoms with van der Waals surface area (Å²) in [5.74, 6) is 0.414. The van der Waals surface area contributed by atoms with E-state index in [0.717, 1.165) is 51.1 Å². The smallest absolute Gasteiger partial charge is 0.226 e. The van der Waals surface area contributed by atoms with Crippen LogP contribution in [0.3, 0.4) is 0 Å². The fraction of sp³-hybridized carbons (Fsp3) is 0.333. The Balaban J connectivity index is 1.36. The van der Waals surface area contributed by atoms with Crippen LogP contribution in [0.4, 0.5) is 0 Å². The summed E-state index contributed by atoms with van der Waals surface area (Å²) in [6.07, 6.45) is 4.57. The number of hydrogen-bond donors (Lipinski definition) is 0. The fourth-order valence-corrected chi connectivity index (χ4v) is 4.30. The van der Waals surface area contributed by atoms with Crippen LogP contribution in [0.2, 0.25) is 0 Å². The molecule has 1 fully saturated rings. The molecule has 4 rings (SSSR count). The van der Waals surface area contributed by atoms with Crippen molar-refractivity contribution >= 4 is 5.91 Å². The minimum Gasteiger partial charge on any atom is -0.338 e. The molecule has 0 bridgehead atoms. The quantitative estimate of drug-likeness (QED) is 0.543. The zero-order valence-corrected chi connectivity index (χ0v) is 18.1. The molecule has 31 heavy (non-hydrogen) atoms. The highest BCUT2D eigenvalue weighted by molar-refractivity contribution is 5.79. The van der Waals surface area contributed by atoms with Crippen molar-refractivity contribution in [1.82, 2.24) is 14.8 Å². The van der Waals surface area contributed by atoms with Crippen LogP contribution < -0.4 is 0 Å². The molecule has 160 valence electrons. The predicted octanol–water partition coefficient (Wildman–Crippen LogP) is 4.57. The third-order valence-corrected chi connectivity index (χ3v) is 6.09. The second kappa shape index (κ2) is 10.9. The maximum absolute atomic E-state index is 13.5. The Morgan fingerprint density at radius 3 is 2.16 bits per heavy atom. The largest absolute Gasteiger partial charge is 0.338 e. The lowest BCUT2D eigenvalue weighted by Gasteiger charge is -2.34. The van der Waals surface area contributed by atoms with Crippen molar-refractivity contribution in [3.05, 3.63) is 102 Å². The number of carbonyl (C=O) groups excluding carboxylic acids is 1. The van der Waals surface area contributed by atoms with E-state index in [-0.39, 0.29) is 5.92 Å². The van der Waals surface area contributed by atoms with Crippen LogP contribution in [0.5, 0.6) is 0 Å². The number of rotatable bonds is 8. The number of nitrogens with zero attached hydrogens (tertiary/aromatic N) is 3. The average Bonchev–Trinajstić information content (AvgIpc) is 2.84. The van der Waals surface area contributed by atoms with Crippen molar-refractivity contribution in [2.24, 2.45) is 5.92 Å². The van der Waals surface area contributed by atoms with E-state index in [0.29, 0.717) is 12.5 Å². The second-order valence-corrected chi connectivity index (χ2v) is 8.35. The number of likely N-dealkylation sites (tertiary alicyclic amines) is 1. The molecule has 0 saturated carbocycles. The lowest BCUT2D eigenvalue weighted by Crippen LogP contribution is -2.42. The maximum atomic E-state index is 13.5. The molecule has 2 aromatic carbocycles. The van der Waals surface area contributed by atoms with Crippen LogP contribution in [-0.2, 0) is 24.3 Å². The van der Waals surface area contributed by atoms with Crippen LogP contribution >= 0.6 is 0 Å². The molecule has 0 atom stereocenters. The van der Waals surface area contributed by atoms with Gasteiger partial charge in [-0.05, 0) is 55.6 Å². The van der Waals surface area contributed by atoms with E-state index in [1.807, 2.05) is 42.6 Å². The molecule has 1 aliphatic rings. The van der Waals surface area contributed by atoms with Gasteiger partial charge in [-0.15, -0.1) is 0 Å². The number of aromatic nitrogens is 1. The normalized spacial score (nSPS) is 15.0. The first-order valence-electron chi connectivity index (χ1n) is 11.3. The molecular formula is C27H31N3O. The lowest BCUT2D eigenvalue weighted by molar-refractivity contribution is -0.137. The molecule has 1 saturated heterocycles. The van der Waals surface area contributed by atoms with Gasteiger partial charge in [0.05, 0.1) is 5.69 Å². The second-order valence-electron chi connectivity index (χ2n) is 8.35. The molecule has 0 unspecified atom stereocenters. The average molecular weight is 414 g/mol. The topological polar surface area (TPSA) is 36.4 Å². The first-order valence-corrected chi connectivity index (χ1v) is 11.3. The van der Waals surface area contributed by atoms with Crippen LogP contribution in [0.1, 0.15) is 29.7 Å². The van der Waals surface area contributed by atoms with Crippen LogP contribution in [0.25, 0.3) is 0 Å². The number of amides is 1. The van der Waals surface area contributed by atoms with Gasteiger partial charge in [-0.1, -0.05) is 66.7 Å². The Morgan fingerprint density at radius 2 is 1.52 bits per heavy atom. The molecule has 3 aromatic rings. The molecule has 0 spiro atoms. The third-order valence-electron chi connectivity index (χ3n) is 6.09. The monoisotopic (exact) mass is 413 g/mol. The molecule has 1 amide bonds.